The number of carbonyl (C=O) groups is 1. The van der Waals surface area contributed by atoms with E-state index in [1.54, 1.807) is 18.2 Å². The molecule has 0 bridgehead atoms. The van der Waals surface area contributed by atoms with Crippen molar-refractivity contribution in [3.63, 3.8) is 0 Å². The molecule has 5 heteroatoms. The first-order chi connectivity index (χ1) is 9.85. The van der Waals surface area contributed by atoms with Gasteiger partial charge in [0, 0.05) is 10.6 Å². The SMILES string of the molecule is Cc1c(Cl)cccc1C(=O)NC1(C(N)=S)CCC(C)CC1. The molecule has 2 rings (SSSR count). The summed E-state index contributed by atoms with van der Waals surface area (Å²) in [6.07, 6.45) is 3.64. The Morgan fingerprint density at radius 2 is 2.05 bits per heavy atom. The quantitative estimate of drug-likeness (QED) is 0.835. The predicted molar refractivity (Wildman–Crippen MR) is 90.8 cm³/mol. The summed E-state index contributed by atoms with van der Waals surface area (Å²) in [5.74, 6) is 0.495. The summed E-state index contributed by atoms with van der Waals surface area (Å²) >= 11 is 11.3. The molecule has 1 fully saturated rings. The third-order valence-corrected chi connectivity index (χ3v) is 5.26. The van der Waals surface area contributed by atoms with Crippen molar-refractivity contribution in [2.75, 3.05) is 0 Å². The minimum absolute atomic E-state index is 0.155. The molecule has 0 saturated heterocycles. The van der Waals surface area contributed by atoms with Crippen molar-refractivity contribution in [1.82, 2.24) is 5.32 Å². The van der Waals surface area contributed by atoms with Gasteiger partial charge < -0.3 is 11.1 Å². The molecular formula is C16H21ClN2OS. The van der Waals surface area contributed by atoms with Gasteiger partial charge in [0.2, 0.25) is 0 Å². The number of benzene rings is 1. The predicted octanol–water partition coefficient (Wildman–Crippen LogP) is 3.61. The van der Waals surface area contributed by atoms with Crippen molar-refractivity contribution < 1.29 is 4.79 Å². The van der Waals surface area contributed by atoms with Crippen molar-refractivity contribution in [2.45, 2.75) is 45.1 Å². The van der Waals surface area contributed by atoms with Crippen LogP contribution in [0.15, 0.2) is 18.2 Å². The maximum atomic E-state index is 12.6. The minimum Gasteiger partial charge on any atom is -0.391 e. The van der Waals surface area contributed by atoms with Gasteiger partial charge in [0.15, 0.2) is 0 Å². The summed E-state index contributed by atoms with van der Waals surface area (Å²) < 4.78 is 0. The Morgan fingerprint density at radius 1 is 1.43 bits per heavy atom. The molecule has 114 valence electrons. The molecule has 0 unspecified atom stereocenters. The van der Waals surface area contributed by atoms with E-state index < -0.39 is 5.54 Å². The van der Waals surface area contributed by atoms with Crippen LogP contribution in [0, 0.1) is 12.8 Å². The lowest BCUT2D eigenvalue weighted by Crippen LogP contribution is -2.58. The summed E-state index contributed by atoms with van der Waals surface area (Å²) in [6.45, 7) is 4.06. The Bertz CT molecular complexity index is 565. The molecule has 1 amide bonds. The Labute approximate surface area is 136 Å². The zero-order valence-corrected chi connectivity index (χ0v) is 14.0. The van der Waals surface area contributed by atoms with E-state index in [1.165, 1.54) is 0 Å². The van der Waals surface area contributed by atoms with Crippen LogP contribution in [0.3, 0.4) is 0 Å². The van der Waals surface area contributed by atoms with Gasteiger partial charge >= 0.3 is 0 Å². The van der Waals surface area contributed by atoms with Crippen LogP contribution in [0.25, 0.3) is 0 Å². The topological polar surface area (TPSA) is 55.1 Å². The fourth-order valence-corrected chi connectivity index (χ4v) is 3.26. The zero-order chi connectivity index (χ0) is 15.6. The van der Waals surface area contributed by atoms with Crippen molar-refractivity contribution >= 4 is 34.7 Å². The van der Waals surface area contributed by atoms with Crippen molar-refractivity contribution in [1.29, 1.82) is 0 Å². The first kappa shape index (κ1) is 16.2. The standard InChI is InChI=1S/C16H21ClN2OS/c1-10-6-8-16(9-7-10,15(18)21)19-14(20)12-4-3-5-13(17)11(12)2/h3-5,10H,6-9H2,1-2H3,(H2,18,21)(H,19,20). The molecule has 3 N–H and O–H groups in total. The largest absolute Gasteiger partial charge is 0.391 e. The molecule has 0 spiro atoms. The van der Waals surface area contributed by atoms with Gasteiger partial charge in [-0.25, -0.2) is 0 Å². The van der Waals surface area contributed by atoms with E-state index >= 15 is 0 Å². The number of rotatable bonds is 3. The normalized spacial score (nSPS) is 25.4. The number of nitrogens with two attached hydrogens (primary N) is 1. The fourth-order valence-electron chi connectivity index (χ4n) is 2.83. The molecule has 1 aromatic rings. The highest BCUT2D eigenvalue weighted by molar-refractivity contribution is 7.80. The minimum atomic E-state index is -0.562. The average Bonchev–Trinajstić information content (AvgIpc) is 2.44. The lowest BCUT2D eigenvalue weighted by Gasteiger charge is -2.39. The lowest BCUT2D eigenvalue weighted by atomic mass is 9.77. The van der Waals surface area contributed by atoms with E-state index in [9.17, 15) is 4.79 Å². The third-order valence-electron chi connectivity index (χ3n) is 4.46. The second-order valence-electron chi connectivity index (χ2n) is 6.00. The molecule has 1 aliphatic carbocycles. The van der Waals surface area contributed by atoms with Crippen LogP contribution in [-0.2, 0) is 0 Å². The Balaban J connectivity index is 2.23. The Morgan fingerprint density at radius 3 is 2.62 bits per heavy atom. The second-order valence-corrected chi connectivity index (χ2v) is 6.84. The number of hydrogen-bond donors (Lipinski definition) is 2. The van der Waals surface area contributed by atoms with Gasteiger partial charge in [-0.15, -0.1) is 0 Å². The number of thiocarbonyl (C=S) groups is 1. The lowest BCUT2D eigenvalue weighted by molar-refractivity contribution is 0.0900. The van der Waals surface area contributed by atoms with Crippen LogP contribution in [0.1, 0.15) is 48.5 Å². The molecule has 21 heavy (non-hydrogen) atoms. The van der Waals surface area contributed by atoms with Crippen LogP contribution < -0.4 is 11.1 Å². The number of carbonyl (C=O) groups excluding carboxylic acids is 1. The van der Waals surface area contributed by atoms with Crippen molar-refractivity contribution in [2.24, 2.45) is 11.7 Å². The van der Waals surface area contributed by atoms with Crippen molar-refractivity contribution in [3.8, 4) is 0 Å². The number of hydrogen-bond acceptors (Lipinski definition) is 2. The summed E-state index contributed by atoms with van der Waals surface area (Å²) in [6, 6.07) is 5.33. The van der Waals surface area contributed by atoms with E-state index in [1.807, 2.05) is 6.92 Å². The zero-order valence-electron chi connectivity index (χ0n) is 12.4. The van der Waals surface area contributed by atoms with Crippen molar-refractivity contribution in [3.05, 3.63) is 34.3 Å². The first-order valence-corrected chi connectivity index (χ1v) is 8.02. The monoisotopic (exact) mass is 324 g/mol. The van der Waals surface area contributed by atoms with E-state index in [0.717, 1.165) is 31.2 Å². The Kier molecular flexibility index (Phi) is 4.89. The Hall–Kier alpha value is -1.13. The van der Waals surface area contributed by atoms with Gasteiger partial charge in [-0.3, -0.25) is 4.79 Å². The highest BCUT2D eigenvalue weighted by atomic mass is 35.5. The molecular weight excluding hydrogens is 304 g/mol. The summed E-state index contributed by atoms with van der Waals surface area (Å²) in [7, 11) is 0. The maximum Gasteiger partial charge on any atom is 0.252 e. The first-order valence-electron chi connectivity index (χ1n) is 7.23. The number of halogens is 1. The van der Waals surface area contributed by atoms with Gasteiger partial charge in [-0.2, -0.15) is 0 Å². The van der Waals surface area contributed by atoms with Gasteiger partial charge in [-0.1, -0.05) is 36.8 Å². The van der Waals surface area contributed by atoms with E-state index in [4.69, 9.17) is 29.6 Å². The highest BCUT2D eigenvalue weighted by Gasteiger charge is 2.38. The summed E-state index contributed by atoms with van der Waals surface area (Å²) in [5, 5.41) is 3.66. The van der Waals surface area contributed by atoms with E-state index in [2.05, 4.69) is 12.2 Å². The average molecular weight is 325 g/mol. The molecule has 0 aliphatic heterocycles. The highest BCUT2D eigenvalue weighted by Crippen LogP contribution is 2.33. The molecule has 1 aliphatic rings. The molecule has 0 aromatic heterocycles. The van der Waals surface area contributed by atoms with Gasteiger partial charge in [0.1, 0.15) is 0 Å². The smallest absolute Gasteiger partial charge is 0.252 e. The van der Waals surface area contributed by atoms with Crippen LogP contribution in [0.2, 0.25) is 5.02 Å². The molecule has 1 aromatic carbocycles. The molecule has 0 radical (unpaired) electrons. The number of nitrogens with one attached hydrogen (secondary N) is 1. The molecule has 3 nitrogen and oxygen atoms in total. The van der Waals surface area contributed by atoms with Gasteiger partial charge in [0.25, 0.3) is 5.91 Å². The van der Waals surface area contributed by atoms with Crippen LogP contribution in [0.5, 0.6) is 0 Å². The van der Waals surface area contributed by atoms with Crippen LogP contribution in [-0.4, -0.2) is 16.4 Å². The molecule has 0 heterocycles. The molecule has 0 atom stereocenters. The second kappa shape index (κ2) is 6.32. The third kappa shape index (κ3) is 3.38. The molecule has 1 saturated carbocycles. The summed E-state index contributed by atoms with van der Waals surface area (Å²) in [4.78, 5) is 13.0. The van der Waals surface area contributed by atoms with Crippen LogP contribution in [0.4, 0.5) is 0 Å². The van der Waals surface area contributed by atoms with E-state index in [-0.39, 0.29) is 5.91 Å². The summed E-state index contributed by atoms with van der Waals surface area (Å²) in [5.41, 5.74) is 6.73. The van der Waals surface area contributed by atoms with Gasteiger partial charge in [0.05, 0.1) is 10.5 Å². The van der Waals surface area contributed by atoms with Gasteiger partial charge in [-0.05, 0) is 56.2 Å². The number of amides is 1. The van der Waals surface area contributed by atoms with E-state index in [0.29, 0.717) is 21.5 Å². The fraction of sp³-hybridized carbons (Fsp3) is 0.500. The maximum absolute atomic E-state index is 12.6. The van der Waals surface area contributed by atoms with Crippen LogP contribution >= 0.6 is 23.8 Å².